The van der Waals surface area contributed by atoms with Crippen LogP contribution >= 0.6 is 0 Å². The van der Waals surface area contributed by atoms with Crippen molar-refractivity contribution in [3.8, 4) is 0 Å². The van der Waals surface area contributed by atoms with E-state index in [4.69, 9.17) is 10.8 Å². The highest BCUT2D eigenvalue weighted by atomic mass is 16.4. The smallest absolute Gasteiger partial charge is 0.305 e. The van der Waals surface area contributed by atoms with Crippen molar-refractivity contribution in [2.45, 2.75) is 12.5 Å². The minimum Gasteiger partial charge on any atom is -0.481 e. The average molecular weight is 222 g/mol. The molecular formula is C11H14N2O3. The normalized spacial score (nSPS) is 11.8. The summed E-state index contributed by atoms with van der Waals surface area (Å²) in [5.41, 5.74) is 5.93. The van der Waals surface area contributed by atoms with Gasteiger partial charge >= 0.3 is 5.97 Å². The van der Waals surface area contributed by atoms with Crippen molar-refractivity contribution >= 4 is 11.9 Å². The number of amides is 1. The van der Waals surface area contributed by atoms with Gasteiger partial charge in [0.15, 0.2) is 0 Å². The molecule has 1 atom stereocenters. The van der Waals surface area contributed by atoms with E-state index in [9.17, 15) is 9.59 Å². The summed E-state index contributed by atoms with van der Waals surface area (Å²) in [4.78, 5) is 21.8. The first-order valence-corrected chi connectivity index (χ1v) is 4.89. The number of carbonyl (C=O) groups excluding carboxylic acids is 1. The number of aliphatic carboxylic acids is 1. The second kappa shape index (κ2) is 5.87. The Morgan fingerprint density at radius 1 is 1.31 bits per heavy atom. The summed E-state index contributed by atoms with van der Waals surface area (Å²) >= 11 is 0. The van der Waals surface area contributed by atoms with Gasteiger partial charge in [0, 0.05) is 0 Å². The Morgan fingerprint density at radius 3 is 2.44 bits per heavy atom. The van der Waals surface area contributed by atoms with Gasteiger partial charge in [-0.25, -0.2) is 0 Å². The van der Waals surface area contributed by atoms with E-state index in [0.29, 0.717) is 0 Å². The van der Waals surface area contributed by atoms with Gasteiger partial charge in [-0.15, -0.1) is 0 Å². The van der Waals surface area contributed by atoms with Gasteiger partial charge in [0.1, 0.15) is 0 Å². The fourth-order valence-electron chi connectivity index (χ4n) is 1.37. The lowest BCUT2D eigenvalue weighted by molar-refractivity contribution is -0.137. The molecule has 1 aromatic rings. The van der Waals surface area contributed by atoms with Gasteiger partial charge in [0.05, 0.1) is 19.0 Å². The van der Waals surface area contributed by atoms with E-state index in [1.165, 1.54) is 0 Å². The van der Waals surface area contributed by atoms with Gasteiger partial charge in [0.2, 0.25) is 5.91 Å². The van der Waals surface area contributed by atoms with Gasteiger partial charge in [-0.1, -0.05) is 30.3 Å². The maximum absolute atomic E-state index is 11.1. The van der Waals surface area contributed by atoms with Crippen LogP contribution < -0.4 is 11.1 Å². The SMILES string of the molecule is NCC(=O)N[C@@H](CC(=O)O)c1ccccc1. The molecule has 0 radical (unpaired) electrons. The van der Waals surface area contributed by atoms with E-state index in [1.807, 2.05) is 6.07 Å². The monoisotopic (exact) mass is 222 g/mol. The number of nitrogens with one attached hydrogen (secondary N) is 1. The Kier molecular flexibility index (Phi) is 4.47. The fraction of sp³-hybridized carbons (Fsp3) is 0.273. The van der Waals surface area contributed by atoms with E-state index in [1.54, 1.807) is 24.3 Å². The minimum atomic E-state index is -0.967. The van der Waals surface area contributed by atoms with Crippen molar-refractivity contribution in [1.82, 2.24) is 5.32 Å². The second-order valence-corrected chi connectivity index (χ2v) is 3.33. The van der Waals surface area contributed by atoms with Crippen molar-refractivity contribution in [3.05, 3.63) is 35.9 Å². The summed E-state index contributed by atoms with van der Waals surface area (Å²) in [6, 6.07) is 8.41. The minimum absolute atomic E-state index is 0.150. The highest BCUT2D eigenvalue weighted by Crippen LogP contribution is 2.15. The third-order valence-corrected chi connectivity index (χ3v) is 2.10. The van der Waals surface area contributed by atoms with Crippen LogP contribution in [0.15, 0.2) is 30.3 Å². The van der Waals surface area contributed by atoms with E-state index in [-0.39, 0.29) is 18.9 Å². The molecule has 16 heavy (non-hydrogen) atoms. The van der Waals surface area contributed by atoms with Crippen molar-refractivity contribution in [3.63, 3.8) is 0 Å². The van der Waals surface area contributed by atoms with Crippen molar-refractivity contribution in [2.24, 2.45) is 5.73 Å². The molecule has 0 saturated heterocycles. The number of hydrogen-bond donors (Lipinski definition) is 3. The Bertz CT molecular complexity index is 365. The Balaban J connectivity index is 2.79. The number of hydrogen-bond acceptors (Lipinski definition) is 3. The molecule has 86 valence electrons. The first-order chi connectivity index (χ1) is 7.63. The molecule has 0 fully saturated rings. The summed E-state index contributed by atoms with van der Waals surface area (Å²) in [5, 5.41) is 11.3. The predicted octanol–water partition coefficient (Wildman–Crippen LogP) is 0.277. The first-order valence-electron chi connectivity index (χ1n) is 4.89. The largest absolute Gasteiger partial charge is 0.481 e. The highest BCUT2D eigenvalue weighted by molar-refractivity contribution is 5.79. The quantitative estimate of drug-likeness (QED) is 0.667. The maximum atomic E-state index is 11.1. The molecule has 0 aliphatic carbocycles. The molecule has 1 rings (SSSR count). The summed E-state index contributed by atoms with van der Waals surface area (Å²) in [6.45, 7) is -0.150. The molecule has 0 heterocycles. The molecule has 0 bridgehead atoms. The zero-order valence-corrected chi connectivity index (χ0v) is 8.72. The summed E-state index contributed by atoms with van der Waals surface area (Å²) < 4.78 is 0. The topological polar surface area (TPSA) is 92.4 Å². The van der Waals surface area contributed by atoms with Gasteiger partial charge in [-0.3, -0.25) is 9.59 Å². The molecular weight excluding hydrogens is 208 g/mol. The van der Waals surface area contributed by atoms with Gasteiger partial charge in [0.25, 0.3) is 0 Å². The molecule has 0 aliphatic heterocycles. The summed E-state index contributed by atoms with van der Waals surface area (Å²) in [5.74, 6) is -1.33. The number of carboxylic acids is 1. The molecule has 1 aromatic carbocycles. The molecule has 5 heteroatoms. The van der Waals surface area contributed by atoms with Crippen LogP contribution in [0.3, 0.4) is 0 Å². The number of rotatable bonds is 5. The zero-order chi connectivity index (χ0) is 12.0. The van der Waals surface area contributed by atoms with Crippen LogP contribution in [0.4, 0.5) is 0 Å². The Morgan fingerprint density at radius 2 is 1.94 bits per heavy atom. The number of carbonyl (C=O) groups is 2. The third-order valence-electron chi connectivity index (χ3n) is 2.10. The summed E-state index contributed by atoms with van der Waals surface area (Å²) in [6.07, 6.45) is -0.157. The lowest BCUT2D eigenvalue weighted by Crippen LogP contribution is -2.34. The standard InChI is InChI=1S/C11H14N2O3/c12-7-10(14)13-9(6-11(15)16)8-4-2-1-3-5-8/h1-5,9H,6-7,12H2,(H,13,14)(H,15,16)/t9-/m0/s1. The predicted molar refractivity (Wildman–Crippen MR) is 58.6 cm³/mol. The van der Waals surface area contributed by atoms with Crippen LogP contribution in [0.25, 0.3) is 0 Å². The molecule has 0 aliphatic rings. The number of nitrogens with two attached hydrogens (primary N) is 1. The van der Waals surface area contributed by atoms with Crippen LogP contribution in [-0.2, 0) is 9.59 Å². The highest BCUT2D eigenvalue weighted by Gasteiger charge is 2.16. The molecule has 0 spiro atoms. The van der Waals surface area contributed by atoms with Crippen molar-refractivity contribution in [2.75, 3.05) is 6.54 Å². The molecule has 1 amide bonds. The maximum Gasteiger partial charge on any atom is 0.305 e. The molecule has 4 N–H and O–H groups in total. The van der Waals surface area contributed by atoms with Crippen LogP contribution in [0.1, 0.15) is 18.0 Å². The summed E-state index contributed by atoms with van der Waals surface area (Å²) in [7, 11) is 0. The Labute approximate surface area is 93.3 Å². The number of benzene rings is 1. The number of carboxylic acid groups (broad SMARTS) is 1. The van der Waals surface area contributed by atoms with Crippen LogP contribution in [0.2, 0.25) is 0 Å². The Hall–Kier alpha value is -1.88. The zero-order valence-electron chi connectivity index (χ0n) is 8.72. The fourth-order valence-corrected chi connectivity index (χ4v) is 1.37. The molecule has 0 aromatic heterocycles. The third kappa shape index (κ3) is 3.70. The second-order valence-electron chi connectivity index (χ2n) is 3.33. The van der Waals surface area contributed by atoms with E-state index < -0.39 is 12.0 Å². The molecule has 0 saturated carbocycles. The molecule has 5 nitrogen and oxygen atoms in total. The lowest BCUT2D eigenvalue weighted by atomic mass is 10.0. The lowest BCUT2D eigenvalue weighted by Gasteiger charge is -2.16. The first kappa shape index (κ1) is 12.2. The van der Waals surface area contributed by atoms with Crippen LogP contribution in [-0.4, -0.2) is 23.5 Å². The van der Waals surface area contributed by atoms with Gasteiger partial charge in [-0.2, -0.15) is 0 Å². The van der Waals surface area contributed by atoms with Crippen molar-refractivity contribution in [1.29, 1.82) is 0 Å². The van der Waals surface area contributed by atoms with Gasteiger partial charge < -0.3 is 16.2 Å². The van der Waals surface area contributed by atoms with E-state index >= 15 is 0 Å². The van der Waals surface area contributed by atoms with E-state index in [2.05, 4.69) is 5.32 Å². The van der Waals surface area contributed by atoms with E-state index in [0.717, 1.165) is 5.56 Å². The van der Waals surface area contributed by atoms with Gasteiger partial charge in [-0.05, 0) is 5.56 Å². The van der Waals surface area contributed by atoms with Crippen molar-refractivity contribution < 1.29 is 14.7 Å². The average Bonchev–Trinajstić information content (AvgIpc) is 2.28. The van der Waals surface area contributed by atoms with Crippen LogP contribution in [0.5, 0.6) is 0 Å². The van der Waals surface area contributed by atoms with Crippen LogP contribution in [0, 0.1) is 0 Å². The molecule has 0 unspecified atom stereocenters.